The van der Waals surface area contributed by atoms with Crippen molar-refractivity contribution >= 4 is 38.3 Å². The second-order valence-corrected chi connectivity index (χ2v) is 8.32. The molecule has 0 aliphatic heterocycles. The molecule has 3 heterocycles. The van der Waals surface area contributed by atoms with Gasteiger partial charge in [-0.2, -0.15) is 0 Å². The Morgan fingerprint density at radius 1 is 1.12 bits per heavy atom. The molecule has 3 aromatic heterocycles. The van der Waals surface area contributed by atoms with E-state index in [1.54, 1.807) is 60.1 Å². The molecule has 0 fully saturated rings. The van der Waals surface area contributed by atoms with E-state index in [2.05, 4.69) is 4.98 Å². The molecular weight excluding hydrogens is 370 g/mol. The molecule has 0 aliphatic rings. The van der Waals surface area contributed by atoms with E-state index in [0.29, 0.717) is 21.5 Å². The van der Waals surface area contributed by atoms with Crippen LogP contribution in [0.1, 0.15) is 9.67 Å². The van der Waals surface area contributed by atoms with Gasteiger partial charge in [0, 0.05) is 23.3 Å². The second kappa shape index (κ2) is 6.08. The summed E-state index contributed by atoms with van der Waals surface area (Å²) in [6, 6.07) is 13.4. The van der Waals surface area contributed by atoms with Crippen molar-refractivity contribution in [2.24, 2.45) is 5.73 Å². The molecule has 1 aromatic carbocycles. The van der Waals surface area contributed by atoms with E-state index in [4.69, 9.17) is 5.73 Å². The Bertz CT molecular complexity index is 1230. The smallest absolute Gasteiger partial charge is 0.269 e. The number of rotatable bonds is 4. The van der Waals surface area contributed by atoms with E-state index in [-0.39, 0.29) is 4.90 Å². The third-order valence-electron chi connectivity index (χ3n) is 3.99. The van der Waals surface area contributed by atoms with Gasteiger partial charge in [0.25, 0.3) is 15.9 Å². The van der Waals surface area contributed by atoms with Gasteiger partial charge >= 0.3 is 0 Å². The lowest BCUT2D eigenvalue weighted by atomic mass is 10.1. The molecule has 6 nitrogen and oxygen atoms in total. The Morgan fingerprint density at radius 2 is 1.88 bits per heavy atom. The first-order valence-electron chi connectivity index (χ1n) is 7.64. The molecule has 0 radical (unpaired) electrons. The van der Waals surface area contributed by atoms with Gasteiger partial charge in [-0.15, -0.1) is 11.3 Å². The molecule has 8 heteroatoms. The monoisotopic (exact) mass is 383 g/mol. The molecule has 2 N–H and O–H groups in total. The summed E-state index contributed by atoms with van der Waals surface area (Å²) >= 11 is 1.22. The summed E-state index contributed by atoms with van der Waals surface area (Å²) in [7, 11) is -3.80. The van der Waals surface area contributed by atoms with Crippen molar-refractivity contribution in [2.75, 3.05) is 0 Å². The molecule has 0 spiro atoms. The molecule has 0 saturated heterocycles. The molecular formula is C18H13N3O3S2. The van der Waals surface area contributed by atoms with Crippen LogP contribution in [0.5, 0.6) is 0 Å². The van der Waals surface area contributed by atoms with E-state index < -0.39 is 15.9 Å². The zero-order valence-corrected chi connectivity index (χ0v) is 15.0. The predicted molar refractivity (Wildman–Crippen MR) is 101 cm³/mol. The highest BCUT2D eigenvalue weighted by Gasteiger charge is 2.23. The molecule has 0 saturated carbocycles. The fourth-order valence-electron chi connectivity index (χ4n) is 2.76. The zero-order valence-electron chi connectivity index (χ0n) is 13.4. The van der Waals surface area contributed by atoms with E-state index in [1.165, 1.54) is 21.5 Å². The third-order valence-corrected chi connectivity index (χ3v) is 6.59. The number of carbonyl (C=O) groups is 1. The highest BCUT2D eigenvalue weighted by Crippen LogP contribution is 2.34. The van der Waals surface area contributed by atoms with Crippen LogP contribution in [0, 0.1) is 0 Å². The number of primary amides is 1. The number of nitrogens with zero attached hydrogens (tertiary/aromatic N) is 2. The minimum absolute atomic E-state index is 0.178. The number of carbonyl (C=O) groups excluding carboxylic acids is 1. The van der Waals surface area contributed by atoms with Crippen LogP contribution in [-0.2, 0) is 10.0 Å². The van der Waals surface area contributed by atoms with Crippen LogP contribution >= 0.6 is 11.3 Å². The molecule has 0 unspecified atom stereocenters. The summed E-state index contributed by atoms with van der Waals surface area (Å²) < 4.78 is 27.3. The fourth-order valence-corrected chi connectivity index (χ4v) is 4.86. The van der Waals surface area contributed by atoms with Gasteiger partial charge in [-0.25, -0.2) is 17.4 Å². The van der Waals surface area contributed by atoms with Gasteiger partial charge in [-0.3, -0.25) is 4.79 Å². The Balaban J connectivity index is 1.96. The minimum atomic E-state index is -3.80. The Kier molecular flexibility index (Phi) is 3.86. The number of benzene rings is 1. The van der Waals surface area contributed by atoms with Crippen LogP contribution in [-0.4, -0.2) is 23.3 Å². The Labute approximate surface area is 153 Å². The molecule has 130 valence electrons. The van der Waals surface area contributed by atoms with Crippen molar-refractivity contribution in [3.8, 4) is 11.1 Å². The standard InChI is InChI=1S/C18H13N3O3S2/c19-17(22)16-9-12(11-25-16)15-10-21(18-14(15)7-4-8-20-18)26(23,24)13-5-2-1-3-6-13/h1-11H,(H2,19,22). The second-order valence-electron chi connectivity index (χ2n) is 5.60. The van der Waals surface area contributed by atoms with Gasteiger partial charge in [-0.05, 0) is 41.3 Å². The first-order chi connectivity index (χ1) is 12.5. The highest BCUT2D eigenvalue weighted by molar-refractivity contribution is 7.90. The van der Waals surface area contributed by atoms with E-state index >= 15 is 0 Å². The number of hydrogen-bond donors (Lipinski definition) is 1. The van der Waals surface area contributed by atoms with Crippen molar-refractivity contribution in [2.45, 2.75) is 4.90 Å². The summed E-state index contributed by atoms with van der Waals surface area (Å²) in [6.07, 6.45) is 3.08. The van der Waals surface area contributed by atoms with Gasteiger partial charge in [0.05, 0.1) is 9.77 Å². The lowest BCUT2D eigenvalue weighted by molar-refractivity contribution is 0.100. The summed E-state index contributed by atoms with van der Waals surface area (Å²) in [5.74, 6) is -0.514. The summed E-state index contributed by atoms with van der Waals surface area (Å²) in [6.45, 7) is 0. The van der Waals surface area contributed by atoms with Gasteiger partial charge in [-0.1, -0.05) is 18.2 Å². The van der Waals surface area contributed by atoms with Crippen LogP contribution in [0.3, 0.4) is 0 Å². The first-order valence-corrected chi connectivity index (χ1v) is 9.96. The average Bonchev–Trinajstić information content (AvgIpc) is 3.27. The van der Waals surface area contributed by atoms with Gasteiger partial charge in [0.2, 0.25) is 0 Å². The molecule has 0 atom stereocenters. The van der Waals surface area contributed by atoms with Crippen LogP contribution in [0.2, 0.25) is 0 Å². The third kappa shape index (κ3) is 2.59. The maximum absolute atomic E-state index is 13.1. The topological polar surface area (TPSA) is 95.0 Å². The number of aromatic nitrogens is 2. The quantitative estimate of drug-likeness (QED) is 0.586. The summed E-state index contributed by atoms with van der Waals surface area (Å²) in [5.41, 5.74) is 7.06. The molecule has 4 aromatic rings. The van der Waals surface area contributed by atoms with Crippen LogP contribution in [0.4, 0.5) is 0 Å². The maximum atomic E-state index is 13.1. The molecule has 26 heavy (non-hydrogen) atoms. The number of nitrogens with two attached hydrogens (primary N) is 1. The van der Waals surface area contributed by atoms with E-state index in [0.717, 1.165) is 5.56 Å². The largest absolute Gasteiger partial charge is 0.365 e. The van der Waals surface area contributed by atoms with Gasteiger partial charge in [0.15, 0.2) is 5.65 Å². The number of pyridine rings is 1. The zero-order chi connectivity index (χ0) is 18.3. The lowest BCUT2D eigenvalue weighted by Crippen LogP contribution is -2.12. The van der Waals surface area contributed by atoms with Crippen molar-refractivity contribution in [3.05, 3.63) is 71.2 Å². The number of thiophene rings is 1. The van der Waals surface area contributed by atoms with Crippen LogP contribution in [0.25, 0.3) is 22.2 Å². The molecule has 4 rings (SSSR count). The molecule has 1 amide bonds. The van der Waals surface area contributed by atoms with Crippen molar-refractivity contribution in [1.82, 2.24) is 8.96 Å². The maximum Gasteiger partial charge on any atom is 0.269 e. The SMILES string of the molecule is NC(=O)c1cc(-c2cn(S(=O)(=O)c3ccccc3)c3ncccc23)cs1. The first kappa shape index (κ1) is 16.5. The summed E-state index contributed by atoms with van der Waals surface area (Å²) in [4.78, 5) is 16.2. The van der Waals surface area contributed by atoms with Crippen molar-refractivity contribution < 1.29 is 13.2 Å². The van der Waals surface area contributed by atoms with Crippen LogP contribution in [0.15, 0.2) is 71.2 Å². The number of fused-ring (bicyclic) bond motifs is 1. The Hall–Kier alpha value is -2.97. The molecule has 0 aliphatic carbocycles. The van der Waals surface area contributed by atoms with E-state index in [1.807, 2.05) is 0 Å². The highest BCUT2D eigenvalue weighted by atomic mass is 32.2. The normalized spacial score (nSPS) is 11.7. The summed E-state index contributed by atoms with van der Waals surface area (Å²) in [5, 5.41) is 2.46. The van der Waals surface area contributed by atoms with Crippen LogP contribution < -0.4 is 5.73 Å². The molecule has 0 bridgehead atoms. The van der Waals surface area contributed by atoms with Crippen molar-refractivity contribution in [1.29, 1.82) is 0 Å². The van der Waals surface area contributed by atoms with Crippen molar-refractivity contribution in [3.63, 3.8) is 0 Å². The average molecular weight is 383 g/mol. The number of amides is 1. The lowest BCUT2D eigenvalue weighted by Gasteiger charge is -2.06. The fraction of sp³-hybridized carbons (Fsp3) is 0. The minimum Gasteiger partial charge on any atom is -0.365 e. The Morgan fingerprint density at radius 3 is 2.58 bits per heavy atom. The van der Waals surface area contributed by atoms with Gasteiger partial charge < -0.3 is 5.73 Å². The number of hydrogen-bond acceptors (Lipinski definition) is 5. The predicted octanol–water partition coefficient (Wildman–Crippen LogP) is 3.10. The van der Waals surface area contributed by atoms with Gasteiger partial charge in [0.1, 0.15) is 0 Å². The van der Waals surface area contributed by atoms with E-state index in [9.17, 15) is 13.2 Å².